The quantitative estimate of drug-likeness (QED) is 0.781. The van der Waals surface area contributed by atoms with Gasteiger partial charge in [0.25, 0.3) is 0 Å². The summed E-state index contributed by atoms with van der Waals surface area (Å²) >= 11 is 6.05. The summed E-state index contributed by atoms with van der Waals surface area (Å²) in [7, 11) is 1.70. The van der Waals surface area contributed by atoms with Gasteiger partial charge in [-0.2, -0.15) is 0 Å². The summed E-state index contributed by atoms with van der Waals surface area (Å²) in [6, 6.07) is 14.8. The molecule has 3 rings (SSSR count). The standard InChI is InChI=1S/C16H15OPS/c1-12-11-18(19,14-6-4-3-5-7-14)16-10-13(17-2)8-9-15(12)16/h3-11H,1-2H3. The monoisotopic (exact) mass is 286 g/mol. The van der Waals surface area contributed by atoms with Crippen LogP contribution in [-0.4, -0.2) is 7.11 Å². The Morgan fingerprint density at radius 1 is 1.05 bits per heavy atom. The SMILES string of the molecule is COc1ccc2c(c1)P(=S)(c1ccccc1)C=C2C. The molecule has 1 aliphatic rings. The van der Waals surface area contributed by atoms with Crippen molar-refractivity contribution < 1.29 is 4.74 Å². The molecule has 0 radical (unpaired) electrons. The zero-order valence-electron chi connectivity index (χ0n) is 11.0. The fraction of sp³-hybridized carbons (Fsp3) is 0.125. The first kappa shape index (κ1) is 12.7. The highest BCUT2D eigenvalue weighted by Crippen LogP contribution is 2.53. The van der Waals surface area contributed by atoms with E-state index in [9.17, 15) is 0 Å². The molecule has 3 heteroatoms. The maximum Gasteiger partial charge on any atom is 0.119 e. The van der Waals surface area contributed by atoms with Crippen LogP contribution in [-0.2, 0) is 11.8 Å². The first-order valence-electron chi connectivity index (χ1n) is 6.19. The van der Waals surface area contributed by atoms with Gasteiger partial charge in [-0.15, -0.1) is 0 Å². The minimum absolute atomic E-state index is 0.881. The van der Waals surface area contributed by atoms with Gasteiger partial charge in [0.1, 0.15) is 5.75 Å². The minimum atomic E-state index is -1.82. The first-order valence-corrected chi connectivity index (χ1v) is 9.06. The van der Waals surface area contributed by atoms with E-state index in [2.05, 4.69) is 49.1 Å². The molecule has 96 valence electrons. The summed E-state index contributed by atoms with van der Waals surface area (Å²) in [5.41, 5.74) is 2.55. The summed E-state index contributed by atoms with van der Waals surface area (Å²) in [6.45, 7) is 2.14. The van der Waals surface area contributed by atoms with E-state index >= 15 is 0 Å². The Hall–Kier alpha value is -1.37. The molecule has 1 aliphatic heterocycles. The van der Waals surface area contributed by atoms with Gasteiger partial charge in [0.05, 0.1) is 7.11 Å². The van der Waals surface area contributed by atoms with Gasteiger partial charge >= 0.3 is 0 Å². The molecule has 0 saturated carbocycles. The number of hydrogen-bond acceptors (Lipinski definition) is 2. The Bertz CT molecular complexity index is 704. The molecule has 0 bridgehead atoms. The van der Waals surface area contributed by atoms with Crippen LogP contribution in [0.1, 0.15) is 12.5 Å². The zero-order chi connectivity index (χ0) is 13.5. The number of rotatable bonds is 2. The Kier molecular flexibility index (Phi) is 3.08. The maximum absolute atomic E-state index is 6.05. The fourth-order valence-electron chi connectivity index (χ4n) is 2.52. The van der Waals surface area contributed by atoms with Gasteiger partial charge in [-0.3, -0.25) is 0 Å². The number of ether oxygens (including phenoxy) is 1. The lowest BCUT2D eigenvalue weighted by Gasteiger charge is -2.17. The third-order valence-electron chi connectivity index (χ3n) is 3.50. The van der Waals surface area contributed by atoms with E-state index in [0.717, 1.165) is 5.75 Å². The van der Waals surface area contributed by atoms with Crippen LogP contribution in [0.15, 0.2) is 54.3 Å². The van der Waals surface area contributed by atoms with Gasteiger partial charge in [-0.1, -0.05) is 48.2 Å². The topological polar surface area (TPSA) is 9.23 Å². The van der Waals surface area contributed by atoms with Gasteiger partial charge in [-0.25, -0.2) is 0 Å². The van der Waals surface area contributed by atoms with Gasteiger partial charge < -0.3 is 4.74 Å². The Labute approximate surface area is 118 Å². The smallest absolute Gasteiger partial charge is 0.119 e. The molecule has 0 amide bonds. The third-order valence-corrected chi connectivity index (χ3v) is 7.94. The molecule has 0 fully saturated rings. The minimum Gasteiger partial charge on any atom is -0.497 e. The molecule has 0 aromatic heterocycles. The lowest BCUT2D eigenvalue weighted by molar-refractivity contribution is 0.415. The molecule has 0 N–H and O–H groups in total. The van der Waals surface area contributed by atoms with Crippen LogP contribution < -0.4 is 15.3 Å². The number of fused-ring (bicyclic) bond motifs is 1. The molecular formula is C16H15OPS. The normalized spacial score (nSPS) is 20.8. The number of allylic oxidation sites excluding steroid dienone is 1. The molecule has 0 saturated heterocycles. The summed E-state index contributed by atoms with van der Waals surface area (Å²) in [5, 5.41) is 2.50. The van der Waals surface area contributed by atoms with E-state index in [4.69, 9.17) is 16.5 Å². The molecular weight excluding hydrogens is 271 g/mol. The molecule has 0 aliphatic carbocycles. The molecule has 1 unspecified atom stereocenters. The van der Waals surface area contributed by atoms with Crippen molar-refractivity contribution in [3.8, 4) is 5.75 Å². The van der Waals surface area contributed by atoms with E-state index in [0.29, 0.717) is 0 Å². The summed E-state index contributed by atoms with van der Waals surface area (Å²) in [6.07, 6.45) is 0. The molecule has 19 heavy (non-hydrogen) atoms. The van der Waals surface area contributed by atoms with Crippen molar-refractivity contribution in [2.45, 2.75) is 6.92 Å². The first-order chi connectivity index (χ1) is 9.15. The van der Waals surface area contributed by atoms with Gasteiger partial charge in [0, 0.05) is 11.3 Å². The van der Waals surface area contributed by atoms with Crippen LogP contribution in [0.3, 0.4) is 0 Å². The van der Waals surface area contributed by atoms with E-state index in [-0.39, 0.29) is 0 Å². The second-order valence-corrected chi connectivity index (χ2v) is 8.99. The predicted octanol–water partition coefficient (Wildman–Crippen LogP) is 3.50. The highest BCUT2D eigenvalue weighted by molar-refractivity contribution is 8.23. The van der Waals surface area contributed by atoms with E-state index in [1.54, 1.807) is 7.11 Å². The highest BCUT2D eigenvalue weighted by atomic mass is 32.4. The van der Waals surface area contributed by atoms with Crippen molar-refractivity contribution in [1.29, 1.82) is 0 Å². The predicted molar refractivity (Wildman–Crippen MR) is 86.6 cm³/mol. The van der Waals surface area contributed by atoms with E-state index in [1.165, 1.54) is 21.7 Å². The summed E-state index contributed by atoms with van der Waals surface area (Å²) in [5.74, 6) is 3.16. The second-order valence-electron chi connectivity index (χ2n) is 4.69. The fourth-order valence-corrected chi connectivity index (χ4v) is 6.61. The maximum atomic E-state index is 6.05. The Balaban J connectivity index is 2.25. The van der Waals surface area contributed by atoms with Crippen molar-refractivity contribution in [1.82, 2.24) is 0 Å². The van der Waals surface area contributed by atoms with Crippen LogP contribution >= 0.6 is 6.04 Å². The van der Waals surface area contributed by atoms with Crippen molar-refractivity contribution >= 4 is 34.0 Å². The van der Waals surface area contributed by atoms with Crippen LogP contribution in [0.25, 0.3) is 5.57 Å². The van der Waals surface area contributed by atoms with Crippen molar-refractivity contribution in [2.24, 2.45) is 0 Å². The van der Waals surface area contributed by atoms with E-state index < -0.39 is 6.04 Å². The molecule has 1 heterocycles. The van der Waals surface area contributed by atoms with Crippen molar-refractivity contribution in [3.63, 3.8) is 0 Å². The summed E-state index contributed by atoms with van der Waals surface area (Å²) in [4.78, 5) is 0. The Morgan fingerprint density at radius 3 is 2.47 bits per heavy atom. The zero-order valence-corrected chi connectivity index (χ0v) is 12.7. The number of methoxy groups -OCH3 is 1. The lowest BCUT2D eigenvalue weighted by Crippen LogP contribution is -2.13. The van der Waals surface area contributed by atoms with Crippen LogP contribution in [0.5, 0.6) is 5.75 Å². The average molecular weight is 286 g/mol. The van der Waals surface area contributed by atoms with Crippen LogP contribution in [0.4, 0.5) is 0 Å². The molecule has 2 aromatic rings. The van der Waals surface area contributed by atoms with Gasteiger partial charge in [-0.05, 0) is 41.3 Å². The van der Waals surface area contributed by atoms with Crippen molar-refractivity contribution in [3.05, 3.63) is 59.9 Å². The average Bonchev–Trinajstić information content (AvgIpc) is 2.72. The molecule has 1 nitrogen and oxygen atoms in total. The van der Waals surface area contributed by atoms with Crippen LogP contribution in [0.2, 0.25) is 0 Å². The second kappa shape index (κ2) is 4.63. The lowest BCUT2D eigenvalue weighted by atomic mass is 10.1. The third kappa shape index (κ3) is 1.96. The molecule has 1 atom stereocenters. The molecule has 0 spiro atoms. The van der Waals surface area contributed by atoms with E-state index in [1.807, 2.05) is 12.1 Å². The van der Waals surface area contributed by atoms with Gasteiger partial charge in [0.2, 0.25) is 0 Å². The highest BCUT2D eigenvalue weighted by Gasteiger charge is 2.29. The van der Waals surface area contributed by atoms with Crippen LogP contribution in [0, 0.1) is 0 Å². The summed E-state index contributed by atoms with van der Waals surface area (Å²) < 4.78 is 5.35. The molecule has 2 aromatic carbocycles. The van der Waals surface area contributed by atoms with Crippen molar-refractivity contribution in [2.75, 3.05) is 7.11 Å². The number of hydrogen-bond donors (Lipinski definition) is 0. The Morgan fingerprint density at radius 2 is 1.79 bits per heavy atom. The number of benzene rings is 2. The van der Waals surface area contributed by atoms with Gasteiger partial charge in [0.15, 0.2) is 0 Å². The largest absolute Gasteiger partial charge is 0.497 e.